The first-order chi connectivity index (χ1) is 14.6. The fourth-order valence-electron chi connectivity index (χ4n) is 3.85. The molecular formula is C23H25N5O2. The van der Waals surface area contributed by atoms with E-state index in [9.17, 15) is 9.90 Å². The molecule has 7 nitrogen and oxygen atoms in total. The molecule has 30 heavy (non-hydrogen) atoms. The number of phenols is 1. The molecule has 1 unspecified atom stereocenters. The van der Waals surface area contributed by atoms with E-state index in [-0.39, 0.29) is 17.7 Å². The number of aromatic nitrogens is 2. The van der Waals surface area contributed by atoms with Crippen LogP contribution in [0.1, 0.15) is 17.3 Å². The first-order valence-corrected chi connectivity index (χ1v) is 10.0. The van der Waals surface area contributed by atoms with E-state index in [0.29, 0.717) is 42.3 Å². The van der Waals surface area contributed by atoms with E-state index >= 15 is 0 Å². The molecule has 0 bridgehead atoms. The topological polar surface area (TPSA) is 81.6 Å². The standard InChI is InChI=1S/C23H25N5O2/c1-16-15-27(12-13-28(16)23(30)17-8-4-3-5-9-17)20-14-19(25-26-22(20)24-2)18-10-6-7-11-21(18)29/h3-11,14,16,29H,12-13,15H2,1-2H3,(H,24,26). The number of nitrogens with one attached hydrogen (secondary N) is 1. The Labute approximate surface area is 176 Å². The number of carbonyl (C=O) groups is 1. The van der Waals surface area contributed by atoms with Gasteiger partial charge < -0.3 is 20.2 Å². The Bertz CT molecular complexity index is 1040. The van der Waals surface area contributed by atoms with E-state index < -0.39 is 0 Å². The first kappa shape index (κ1) is 19.7. The number of para-hydroxylation sites is 1. The van der Waals surface area contributed by atoms with Gasteiger partial charge in [-0.25, -0.2) is 0 Å². The van der Waals surface area contributed by atoms with Crippen molar-refractivity contribution >= 4 is 17.4 Å². The van der Waals surface area contributed by atoms with Crippen molar-refractivity contribution in [1.82, 2.24) is 15.1 Å². The minimum atomic E-state index is 0.0397. The summed E-state index contributed by atoms with van der Waals surface area (Å²) in [5.74, 6) is 0.894. The van der Waals surface area contributed by atoms with Crippen LogP contribution in [-0.4, -0.2) is 58.8 Å². The van der Waals surface area contributed by atoms with Crippen molar-refractivity contribution in [2.24, 2.45) is 0 Å². The summed E-state index contributed by atoms with van der Waals surface area (Å²) in [6, 6.07) is 18.5. The van der Waals surface area contributed by atoms with Crippen LogP contribution >= 0.6 is 0 Å². The molecule has 2 heterocycles. The maximum atomic E-state index is 12.9. The third-order valence-corrected chi connectivity index (χ3v) is 5.44. The molecule has 2 aromatic carbocycles. The molecule has 1 aromatic heterocycles. The van der Waals surface area contributed by atoms with Crippen LogP contribution < -0.4 is 10.2 Å². The normalized spacial score (nSPS) is 16.4. The van der Waals surface area contributed by atoms with E-state index in [0.717, 1.165) is 5.69 Å². The average molecular weight is 403 g/mol. The van der Waals surface area contributed by atoms with Gasteiger partial charge in [-0.1, -0.05) is 30.3 Å². The van der Waals surface area contributed by atoms with Gasteiger partial charge in [0.15, 0.2) is 5.82 Å². The lowest BCUT2D eigenvalue weighted by molar-refractivity contribution is 0.0674. The number of piperazine rings is 1. The van der Waals surface area contributed by atoms with Crippen molar-refractivity contribution in [2.45, 2.75) is 13.0 Å². The minimum absolute atomic E-state index is 0.0397. The van der Waals surface area contributed by atoms with Crippen LogP contribution in [0.25, 0.3) is 11.3 Å². The number of nitrogens with zero attached hydrogens (tertiary/aromatic N) is 4. The van der Waals surface area contributed by atoms with Gasteiger partial charge >= 0.3 is 0 Å². The van der Waals surface area contributed by atoms with Gasteiger partial charge in [-0.2, -0.15) is 0 Å². The molecule has 0 saturated carbocycles. The van der Waals surface area contributed by atoms with Crippen LogP contribution in [0.5, 0.6) is 5.75 Å². The third kappa shape index (κ3) is 3.78. The minimum Gasteiger partial charge on any atom is -0.507 e. The number of anilines is 2. The Morgan fingerprint density at radius 1 is 1.07 bits per heavy atom. The molecule has 154 valence electrons. The maximum Gasteiger partial charge on any atom is 0.254 e. The summed E-state index contributed by atoms with van der Waals surface area (Å²) in [5.41, 5.74) is 2.86. The highest BCUT2D eigenvalue weighted by Gasteiger charge is 2.29. The number of phenolic OH excluding ortho intramolecular Hbond substituents is 1. The van der Waals surface area contributed by atoms with Crippen molar-refractivity contribution in [3.05, 3.63) is 66.2 Å². The molecule has 7 heteroatoms. The average Bonchev–Trinajstić information content (AvgIpc) is 2.79. The predicted molar refractivity (Wildman–Crippen MR) is 118 cm³/mol. The van der Waals surface area contributed by atoms with Crippen molar-refractivity contribution in [3.63, 3.8) is 0 Å². The Balaban J connectivity index is 1.58. The highest BCUT2D eigenvalue weighted by atomic mass is 16.3. The summed E-state index contributed by atoms with van der Waals surface area (Å²) in [7, 11) is 1.81. The molecule has 1 saturated heterocycles. The van der Waals surface area contributed by atoms with Gasteiger partial charge in [-0.15, -0.1) is 10.2 Å². The monoisotopic (exact) mass is 403 g/mol. The van der Waals surface area contributed by atoms with Crippen LogP contribution in [-0.2, 0) is 0 Å². The van der Waals surface area contributed by atoms with Crippen molar-refractivity contribution < 1.29 is 9.90 Å². The second-order valence-electron chi connectivity index (χ2n) is 7.39. The van der Waals surface area contributed by atoms with Gasteiger partial charge in [0.05, 0.1) is 11.4 Å². The highest BCUT2D eigenvalue weighted by Crippen LogP contribution is 2.33. The Kier molecular flexibility index (Phi) is 5.52. The zero-order valence-electron chi connectivity index (χ0n) is 17.1. The van der Waals surface area contributed by atoms with Crippen LogP contribution in [0.3, 0.4) is 0 Å². The SMILES string of the molecule is CNc1nnc(-c2ccccc2O)cc1N1CCN(C(=O)c2ccccc2)C(C)C1. The van der Waals surface area contributed by atoms with E-state index in [4.69, 9.17) is 0 Å². The summed E-state index contributed by atoms with van der Waals surface area (Å²) in [4.78, 5) is 17.0. The second-order valence-corrected chi connectivity index (χ2v) is 7.39. The summed E-state index contributed by atoms with van der Waals surface area (Å²) < 4.78 is 0. The lowest BCUT2D eigenvalue weighted by Crippen LogP contribution is -2.54. The van der Waals surface area contributed by atoms with Gasteiger partial charge in [-0.05, 0) is 37.3 Å². The molecule has 0 spiro atoms. The van der Waals surface area contributed by atoms with Crippen LogP contribution in [0.15, 0.2) is 60.7 Å². The highest BCUT2D eigenvalue weighted by molar-refractivity contribution is 5.94. The second kappa shape index (κ2) is 8.41. The summed E-state index contributed by atoms with van der Waals surface area (Å²) >= 11 is 0. The number of carbonyl (C=O) groups excluding carboxylic acids is 1. The van der Waals surface area contributed by atoms with Gasteiger partial charge in [0, 0.05) is 43.9 Å². The van der Waals surface area contributed by atoms with E-state index in [2.05, 4.69) is 27.3 Å². The Morgan fingerprint density at radius 2 is 1.80 bits per heavy atom. The quantitative estimate of drug-likeness (QED) is 0.696. The fourth-order valence-corrected chi connectivity index (χ4v) is 3.85. The van der Waals surface area contributed by atoms with Crippen molar-refractivity contribution in [2.75, 3.05) is 36.9 Å². The van der Waals surface area contributed by atoms with E-state index in [1.807, 2.05) is 60.5 Å². The van der Waals surface area contributed by atoms with Crippen molar-refractivity contribution in [1.29, 1.82) is 0 Å². The number of amides is 1. The zero-order chi connectivity index (χ0) is 21.1. The first-order valence-electron chi connectivity index (χ1n) is 10.0. The molecule has 2 N–H and O–H groups in total. The Morgan fingerprint density at radius 3 is 2.50 bits per heavy atom. The van der Waals surface area contributed by atoms with Crippen molar-refractivity contribution in [3.8, 4) is 17.0 Å². The van der Waals surface area contributed by atoms with Crippen LogP contribution in [0, 0.1) is 0 Å². The van der Waals surface area contributed by atoms with Crippen LogP contribution in [0.2, 0.25) is 0 Å². The molecule has 1 aliphatic heterocycles. The molecule has 1 fully saturated rings. The smallest absolute Gasteiger partial charge is 0.254 e. The summed E-state index contributed by atoms with van der Waals surface area (Å²) in [6.45, 7) is 4.04. The molecule has 0 aliphatic carbocycles. The largest absolute Gasteiger partial charge is 0.507 e. The number of hydrogen-bond acceptors (Lipinski definition) is 6. The zero-order valence-corrected chi connectivity index (χ0v) is 17.1. The predicted octanol–water partition coefficient (Wildman–Crippen LogP) is 3.24. The molecule has 4 rings (SSSR count). The lowest BCUT2D eigenvalue weighted by atomic mass is 10.1. The summed E-state index contributed by atoms with van der Waals surface area (Å²) in [5, 5.41) is 21.9. The molecular weight excluding hydrogens is 378 g/mol. The Hall–Kier alpha value is -3.61. The maximum absolute atomic E-state index is 12.9. The number of aromatic hydroxyl groups is 1. The van der Waals surface area contributed by atoms with E-state index in [1.54, 1.807) is 12.1 Å². The molecule has 3 aromatic rings. The third-order valence-electron chi connectivity index (χ3n) is 5.44. The number of benzene rings is 2. The van der Waals surface area contributed by atoms with Crippen LogP contribution in [0.4, 0.5) is 11.5 Å². The fraction of sp³-hybridized carbons (Fsp3) is 0.261. The molecule has 1 atom stereocenters. The lowest BCUT2D eigenvalue weighted by Gasteiger charge is -2.41. The number of hydrogen-bond donors (Lipinski definition) is 2. The van der Waals surface area contributed by atoms with Gasteiger partial charge in [0.2, 0.25) is 0 Å². The van der Waals surface area contributed by atoms with E-state index in [1.165, 1.54) is 0 Å². The molecule has 1 amide bonds. The number of rotatable bonds is 4. The molecule has 0 radical (unpaired) electrons. The summed E-state index contributed by atoms with van der Waals surface area (Å²) in [6.07, 6.45) is 0. The van der Waals surface area contributed by atoms with Gasteiger partial charge in [-0.3, -0.25) is 4.79 Å². The van der Waals surface area contributed by atoms with Gasteiger partial charge in [0.1, 0.15) is 5.75 Å². The van der Waals surface area contributed by atoms with Gasteiger partial charge in [0.25, 0.3) is 5.91 Å². The molecule has 1 aliphatic rings.